The molecule has 0 radical (unpaired) electrons. The van der Waals surface area contributed by atoms with E-state index in [9.17, 15) is 4.79 Å². The van der Waals surface area contributed by atoms with Gasteiger partial charge in [0.25, 0.3) is 0 Å². The predicted octanol–water partition coefficient (Wildman–Crippen LogP) is 1.55. The topological polar surface area (TPSA) is 75.2 Å². The van der Waals surface area contributed by atoms with Gasteiger partial charge >= 0.3 is 0 Å². The number of nitrogens with one attached hydrogen (secondary N) is 1. The summed E-state index contributed by atoms with van der Waals surface area (Å²) < 4.78 is 21.3. The molecule has 0 atom stereocenters. The van der Waals surface area contributed by atoms with Gasteiger partial charge in [0.15, 0.2) is 11.5 Å². The quantitative estimate of drug-likeness (QED) is 0.551. The van der Waals surface area contributed by atoms with Crippen LogP contribution in [0, 0.1) is 0 Å². The second kappa shape index (κ2) is 8.91. The lowest BCUT2D eigenvalue weighted by Crippen LogP contribution is -2.21. The van der Waals surface area contributed by atoms with Crippen molar-refractivity contribution < 1.29 is 28.6 Å². The Morgan fingerprint density at radius 2 is 1.67 bits per heavy atom. The number of hydroxylamine groups is 1. The molecular weight excluding hydrogens is 278 g/mol. The summed E-state index contributed by atoms with van der Waals surface area (Å²) >= 11 is 0. The number of carbonyl (C=O) groups excluding carboxylic acids is 1. The summed E-state index contributed by atoms with van der Waals surface area (Å²) in [6, 6.07) is 3.44. The molecule has 0 saturated heterocycles. The lowest BCUT2D eigenvalue weighted by atomic mass is 10.2. The third kappa shape index (κ3) is 5.39. The van der Waals surface area contributed by atoms with E-state index in [1.165, 1.54) is 6.92 Å². The molecule has 0 aromatic heterocycles. The van der Waals surface area contributed by atoms with E-state index in [0.29, 0.717) is 42.6 Å². The van der Waals surface area contributed by atoms with E-state index in [-0.39, 0.29) is 5.91 Å². The molecule has 0 bridgehead atoms. The van der Waals surface area contributed by atoms with E-state index in [1.807, 2.05) is 0 Å². The van der Waals surface area contributed by atoms with Crippen LogP contribution in [0.25, 0.3) is 0 Å². The molecule has 1 N–H and O–H groups in total. The molecule has 21 heavy (non-hydrogen) atoms. The molecule has 0 unspecified atom stereocenters. The van der Waals surface area contributed by atoms with E-state index in [2.05, 4.69) is 5.48 Å². The van der Waals surface area contributed by atoms with Crippen molar-refractivity contribution >= 4 is 5.91 Å². The van der Waals surface area contributed by atoms with Crippen LogP contribution < -0.4 is 24.4 Å². The van der Waals surface area contributed by atoms with Crippen molar-refractivity contribution in [1.29, 1.82) is 0 Å². The van der Waals surface area contributed by atoms with Crippen molar-refractivity contribution in [2.45, 2.75) is 13.3 Å². The molecule has 118 valence electrons. The molecule has 1 aromatic carbocycles. The highest BCUT2D eigenvalue weighted by Crippen LogP contribution is 2.40. The maximum atomic E-state index is 10.6. The fourth-order valence-corrected chi connectivity index (χ4v) is 1.61. The standard InChI is InChI=1S/C14H21NO6/c1-10(16)15-21-7-5-6-20-11-8-12(17-2)14(19-4)13(9-11)18-3/h8-9H,5-7H2,1-4H3,(H,15,16). The molecule has 1 amide bonds. The van der Waals surface area contributed by atoms with Crippen molar-refractivity contribution in [2.24, 2.45) is 0 Å². The molecule has 0 aliphatic rings. The average molecular weight is 299 g/mol. The first-order valence-corrected chi connectivity index (χ1v) is 6.43. The maximum absolute atomic E-state index is 10.6. The zero-order valence-corrected chi connectivity index (χ0v) is 12.7. The van der Waals surface area contributed by atoms with Gasteiger partial charge in [0.05, 0.1) is 34.5 Å². The predicted molar refractivity (Wildman–Crippen MR) is 76.0 cm³/mol. The van der Waals surface area contributed by atoms with Crippen molar-refractivity contribution in [3.8, 4) is 23.0 Å². The Balaban J connectivity index is 2.53. The SMILES string of the molecule is COc1cc(OCCCONC(C)=O)cc(OC)c1OC. The largest absolute Gasteiger partial charge is 0.493 e. The maximum Gasteiger partial charge on any atom is 0.240 e. The second-order valence-corrected chi connectivity index (χ2v) is 4.07. The minimum Gasteiger partial charge on any atom is -0.493 e. The first kappa shape index (κ1) is 16.9. The van der Waals surface area contributed by atoms with Gasteiger partial charge in [-0.05, 0) is 0 Å². The number of benzene rings is 1. The van der Waals surface area contributed by atoms with Crippen LogP contribution in [0.3, 0.4) is 0 Å². The van der Waals surface area contributed by atoms with Crippen molar-refractivity contribution in [3.05, 3.63) is 12.1 Å². The minimum absolute atomic E-state index is 0.236. The summed E-state index contributed by atoms with van der Waals surface area (Å²) in [5.74, 6) is 1.94. The number of methoxy groups -OCH3 is 3. The first-order valence-electron chi connectivity index (χ1n) is 6.43. The molecule has 0 saturated carbocycles. The summed E-state index contributed by atoms with van der Waals surface area (Å²) in [5.41, 5.74) is 2.24. The molecule has 7 heteroatoms. The number of hydrogen-bond acceptors (Lipinski definition) is 6. The molecule has 1 aromatic rings. The first-order chi connectivity index (χ1) is 10.1. The van der Waals surface area contributed by atoms with Crippen molar-refractivity contribution in [1.82, 2.24) is 5.48 Å². The fraction of sp³-hybridized carbons (Fsp3) is 0.500. The summed E-state index contributed by atoms with van der Waals surface area (Å²) in [4.78, 5) is 15.5. The number of carbonyl (C=O) groups is 1. The zero-order chi connectivity index (χ0) is 15.7. The van der Waals surface area contributed by atoms with E-state index in [1.54, 1.807) is 33.5 Å². The molecule has 0 spiro atoms. The normalized spacial score (nSPS) is 9.90. The molecular formula is C14H21NO6. The van der Waals surface area contributed by atoms with Crippen LogP contribution in [0.1, 0.15) is 13.3 Å². The summed E-state index contributed by atoms with van der Waals surface area (Å²) in [6.07, 6.45) is 0.622. The van der Waals surface area contributed by atoms with E-state index in [4.69, 9.17) is 23.8 Å². The van der Waals surface area contributed by atoms with Crippen LogP contribution in [0.2, 0.25) is 0 Å². The van der Waals surface area contributed by atoms with Gasteiger partial charge < -0.3 is 18.9 Å². The number of ether oxygens (including phenoxy) is 4. The van der Waals surface area contributed by atoms with Gasteiger partial charge in [-0.3, -0.25) is 9.63 Å². The summed E-state index contributed by atoms with van der Waals surface area (Å²) in [7, 11) is 4.63. The lowest BCUT2D eigenvalue weighted by Gasteiger charge is -2.14. The van der Waals surface area contributed by atoms with Gasteiger partial charge in [0.2, 0.25) is 11.7 Å². The summed E-state index contributed by atoms with van der Waals surface area (Å²) in [6.45, 7) is 2.18. The smallest absolute Gasteiger partial charge is 0.240 e. The van der Waals surface area contributed by atoms with Gasteiger partial charge in [-0.2, -0.15) is 0 Å². The van der Waals surface area contributed by atoms with Crippen LogP contribution in [0.5, 0.6) is 23.0 Å². The van der Waals surface area contributed by atoms with Crippen LogP contribution in [0.15, 0.2) is 12.1 Å². The van der Waals surface area contributed by atoms with Gasteiger partial charge in [0, 0.05) is 25.5 Å². The average Bonchev–Trinajstić information content (AvgIpc) is 2.49. The van der Waals surface area contributed by atoms with Gasteiger partial charge in [0.1, 0.15) is 5.75 Å². The lowest BCUT2D eigenvalue weighted by molar-refractivity contribution is -0.131. The molecule has 0 heterocycles. The Kier molecular flexibility index (Phi) is 7.17. The third-order valence-electron chi connectivity index (χ3n) is 2.51. The number of hydrogen-bond donors (Lipinski definition) is 1. The van der Waals surface area contributed by atoms with Crippen LogP contribution >= 0.6 is 0 Å². The van der Waals surface area contributed by atoms with Gasteiger partial charge in [-0.25, -0.2) is 5.48 Å². The fourth-order valence-electron chi connectivity index (χ4n) is 1.61. The van der Waals surface area contributed by atoms with Crippen LogP contribution in [-0.2, 0) is 9.63 Å². The van der Waals surface area contributed by atoms with Gasteiger partial charge in [-0.15, -0.1) is 0 Å². The highest BCUT2D eigenvalue weighted by Gasteiger charge is 2.13. The molecule has 0 fully saturated rings. The molecule has 1 rings (SSSR count). The number of amides is 1. The Morgan fingerprint density at radius 3 is 2.14 bits per heavy atom. The molecule has 0 aliphatic carbocycles. The monoisotopic (exact) mass is 299 g/mol. The van der Waals surface area contributed by atoms with E-state index >= 15 is 0 Å². The Labute approximate surface area is 124 Å². The Hall–Kier alpha value is -2.15. The third-order valence-corrected chi connectivity index (χ3v) is 2.51. The van der Waals surface area contributed by atoms with Crippen LogP contribution in [0.4, 0.5) is 0 Å². The highest BCUT2D eigenvalue weighted by molar-refractivity contribution is 5.71. The summed E-state index contributed by atoms with van der Waals surface area (Å²) in [5, 5.41) is 0. The second-order valence-electron chi connectivity index (χ2n) is 4.07. The Bertz CT molecular complexity index is 438. The molecule has 0 aliphatic heterocycles. The van der Waals surface area contributed by atoms with Crippen molar-refractivity contribution in [3.63, 3.8) is 0 Å². The van der Waals surface area contributed by atoms with Crippen LogP contribution in [-0.4, -0.2) is 40.5 Å². The van der Waals surface area contributed by atoms with Gasteiger partial charge in [-0.1, -0.05) is 0 Å². The zero-order valence-electron chi connectivity index (χ0n) is 12.7. The van der Waals surface area contributed by atoms with Crippen molar-refractivity contribution in [2.75, 3.05) is 34.5 Å². The number of rotatable bonds is 9. The highest BCUT2D eigenvalue weighted by atomic mass is 16.7. The Morgan fingerprint density at radius 1 is 1.05 bits per heavy atom. The van der Waals surface area contributed by atoms with E-state index in [0.717, 1.165) is 0 Å². The van der Waals surface area contributed by atoms with E-state index < -0.39 is 0 Å². The minimum atomic E-state index is -0.236. The molecule has 7 nitrogen and oxygen atoms in total.